The minimum atomic E-state index is -0.481. The lowest BCUT2D eigenvalue weighted by Crippen LogP contribution is -2.36. The molecule has 0 saturated heterocycles. The van der Waals surface area contributed by atoms with Crippen molar-refractivity contribution in [3.05, 3.63) is 62.3 Å². The average molecular weight is 573 g/mol. The number of primary amides is 5. The third-order valence-electron chi connectivity index (χ3n) is 3.07. The van der Waals surface area contributed by atoms with Gasteiger partial charge in [-0.2, -0.15) is 0 Å². The lowest BCUT2D eigenvalue weighted by atomic mass is 10.3. The number of carbonyl (C=O) groups is 5. The van der Waals surface area contributed by atoms with Crippen LogP contribution in [0.5, 0.6) is 0 Å². The van der Waals surface area contributed by atoms with Crippen LogP contribution >= 0.6 is 0 Å². The number of hydrogen-bond donors (Lipinski definition) is 8. The van der Waals surface area contributed by atoms with Gasteiger partial charge in [-0.3, -0.25) is 29.3 Å². The van der Waals surface area contributed by atoms with E-state index in [0.717, 1.165) is 50.9 Å². The fraction of sp³-hybridized carbons (Fsp3) is 0.423. The molecule has 0 aromatic heterocycles. The van der Waals surface area contributed by atoms with Crippen LogP contribution in [-0.4, -0.2) is 68.5 Å². The molecule has 0 radical (unpaired) electrons. The monoisotopic (exact) mass is 572 g/mol. The predicted molar refractivity (Wildman–Crippen MR) is 162 cm³/mol. The van der Waals surface area contributed by atoms with Crippen molar-refractivity contribution in [3.63, 3.8) is 0 Å². The summed E-state index contributed by atoms with van der Waals surface area (Å²) >= 11 is 0. The van der Waals surface area contributed by atoms with Gasteiger partial charge >= 0.3 is 0 Å². The first-order valence-corrected chi connectivity index (χ1v) is 11.8. The zero-order valence-corrected chi connectivity index (χ0v) is 24.5. The summed E-state index contributed by atoms with van der Waals surface area (Å²) < 4.78 is 5.43. The van der Waals surface area contributed by atoms with Gasteiger partial charge in [-0.05, 0) is 45.4 Å². The highest BCUT2D eigenvalue weighted by Crippen LogP contribution is 1.86. The molecular formula is C26H52N8O6. The van der Waals surface area contributed by atoms with Gasteiger partial charge in [0.1, 0.15) is 6.23 Å². The smallest absolute Gasteiger partial charge is 0.243 e. The Balaban J connectivity index is -0.0000000919. The molecule has 1 unspecified atom stereocenters. The van der Waals surface area contributed by atoms with Gasteiger partial charge in [0.25, 0.3) is 0 Å². The largest absolute Gasteiger partial charge is 0.366 e. The average Bonchev–Trinajstić information content (AvgIpc) is 2.88. The third-order valence-corrected chi connectivity index (χ3v) is 3.07. The number of hydrogen-bond acceptors (Lipinski definition) is 9. The van der Waals surface area contributed by atoms with Gasteiger partial charge in [-0.25, -0.2) is 0 Å². The zero-order valence-electron chi connectivity index (χ0n) is 24.5. The number of nitrogens with two attached hydrogens (primary N) is 6. The summed E-state index contributed by atoms with van der Waals surface area (Å²) in [4.78, 5) is 48.1. The molecule has 0 heterocycles. The Morgan fingerprint density at radius 2 is 1.05 bits per heavy atom. The van der Waals surface area contributed by atoms with E-state index in [-0.39, 0.29) is 6.23 Å². The van der Waals surface area contributed by atoms with E-state index in [4.69, 9.17) is 21.9 Å². The highest BCUT2D eigenvalue weighted by atomic mass is 16.5. The maximum Gasteiger partial charge on any atom is 0.243 e. The molecule has 14 N–H and O–H groups in total. The number of carbonyl (C=O) groups excluding carboxylic acids is 5. The van der Waals surface area contributed by atoms with E-state index in [1.54, 1.807) is 13.8 Å². The SMILES string of the molecule is C=C(C)C(N)=O.C=C(C)C(N)=O.C=CC(N)=O.C=CC(N)=O.C=CC(N)=O.CCCOC(C)NCCNCCN. The second-order valence-corrected chi connectivity index (χ2v) is 7.11. The molecule has 0 fully saturated rings. The normalized spacial score (nSPS) is 8.93. The van der Waals surface area contributed by atoms with Crippen molar-refractivity contribution in [3.8, 4) is 0 Å². The fourth-order valence-electron chi connectivity index (χ4n) is 0.944. The van der Waals surface area contributed by atoms with Gasteiger partial charge in [0, 0.05) is 43.9 Å². The van der Waals surface area contributed by atoms with Crippen molar-refractivity contribution < 1.29 is 28.7 Å². The maximum atomic E-state index is 9.82. The summed E-state index contributed by atoms with van der Waals surface area (Å²) in [5, 5.41) is 6.45. The maximum absolute atomic E-state index is 9.82. The standard InChI is InChI=1S/C9H23N3O.2C4H7NO.3C3H5NO/c1-3-8-13-9(2)12-7-6-11-5-4-10;2*1-3(2)4(5)6;3*1-2-3(4)5/h9,11-12H,3-8,10H2,1-2H3;2*1H2,2H3,(H2,5,6);3*2H,1H2,(H2,4,5). The van der Waals surface area contributed by atoms with E-state index in [0.29, 0.717) is 17.7 Å². The summed E-state index contributed by atoms with van der Waals surface area (Å²) in [7, 11) is 0. The van der Waals surface area contributed by atoms with Crippen LogP contribution in [0.1, 0.15) is 34.1 Å². The van der Waals surface area contributed by atoms with Crippen molar-refractivity contribution >= 4 is 29.5 Å². The van der Waals surface area contributed by atoms with E-state index in [1.165, 1.54) is 0 Å². The van der Waals surface area contributed by atoms with E-state index in [1.807, 2.05) is 6.92 Å². The van der Waals surface area contributed by atoms with E-state index >= 15 is 0 Å². The van der Waals surface area contributed by atoms with Gasteiger partial charge < -0.3 is 44.5 Å². The van der Waals surface area contributed by atoms with Gasteiger partial charge in [0.2, 0.25) is 29.5 Å². The Hall–Kier alpha value is -4.11. The molecule has 40 heavy (non-hydrogen) atoms. The lowest BCUT2D eigenvalue weighted by Gasteiger charge is -2.14. The summed E-state index contributed by atoms with van der Waals surface area (Å²) in [5.74, 6) is -2.31. The molecular weight excluding hydrogens is 520 g/mol. The van der Waals surface area contributed by atoms with Crippen LogP contribution in [0.4, 0.5) is 0 Å². The second kappa shape index (κ2) is 39.4. The van der Waals surface area contributed by atoms with Crippen LogP contribution in [-0.2, 0) is 28.7 Å². The summed E-state index contributed by atoms with van der Waals surface area (Å²) in [6.45, 7) is 27.4. The van der Waals surface area contributed by atoms with Crippen LogP contribution in [0.2, 0.25) is 0 Å². The lowest BCUT2D eigenvalue weighted by molar-refractivity contribution is -0.115. The molecule has 0 bridgehead atoms. The molecule has 0 aliphatic rings. The predicted octanol–water partition coefficient (Wildman–Crippen LogP) is -1.03. The molecule has 14 nitrogen and oxygen atoms in total. The number of nitrogens with one attached hydrogen (secondary N) is 2. The van der Waals surface area contributed by atoms with Crippen LogP contribution in [0, 0.1) is 0 Å². The fourth-order valence-corrected chi connectivity index (χ4v) is 0.944. The van der Waals surface area contributed by atoms with E-state index in [2.05, 4.69) is 67.7 Å². The topological polar surface area (TPSA) is 275 Å². The number of ether oxygens (including phenoxy) is 1. The third kappa shape index (κ3) is 84.0. The van der Waals surface area contributed by atoms with Gasteiger partial charge in [-0.15, -0.1) is 0 Å². The second-order valence-electron chi connectivity index (χ2n) is 7.11. The Labute approximate surface area is 239 Å². The molecule has 14 heteroatoms. The van der Waals surface area contributed by atoms with Crippen molar-refractivity contribution in [2.45, 2.75) is 40.3 Å². The molecule has 0 aliphatic carbocycles. The summed E-state index contributed by atoms with van der Waals surface area (Å²) in [6.07, 6.45) is 4.39. The van der Waals surface area contributed by atoms with Crippen molar-refractivity contribution in [2.24, 2.45) is 34.4 Å². The zero-order chi connectivity index (χ0) is 33.1. The Bertz CT molecular complexity index is 679. The van der Waals surface area contributed by atoms with Crippen LogP contribution in [0.25, 0.3) is 0 Å². The highest BCUT2D eigenvalue weighted by molar-refractivity contribution is 5.90. The van der Waals surface area contributed by atoms with Crippen molar-refractivity contribution in [1.82, 2.24) is 10.6 Å². The highest BCUT2D eigenvalue weighted by Gasteiger charge is 1.97. The molecule has 232 valence electrons. The molecule has 5 amide bonds. The molecule has 0 aromatic rings. The van der Waals surface area contributed by atoms with Gasteiger partial charge in [0.05, 0.1) is 0 Å². The minimum Gasteiger partial charge on any atom is -0.366 e. The minimum absolute atomic E-state index is 0.152. The number of rotatable bonds is 14. The first-order valence-electron chi connectivity index (χ1n) is 11.8. The molecule has 0 saturated carbocycles. The van der Waals surface area contributed by atoms with Crippen LogP contribution < -0.4 is 45.0 Å². The molecule has 0 spiro atoms. The van der Waals surface area contributed by atoms with Crippen LogP contribution in [0.3, 0.4) is 0 Å². The molecule has 1 atom stereocenters. The first kappa shape index (κ1) is 48.9. The summed E-state index contributed by atoms with van der Waals surface area (Å²) in [6, 6.07) is 0. The van der Waals surface area contributed by atoms with E-state index < -0.39 is 29.5 Å². The Kier molecular flexibility index (Phi) is 48.2. The van der Waals surface area contributed by atoms with Crippen molar-refractivity contribution in [2.75, 3.05) is 32.8 Å². The van der Waals surface area contributed by atoms with Gasteiger partial charge in [-0.1, -0.05) is 39.8 Å². The van der Waals surface area contributed by atoms with Crippen LogP contribution in [0.15, 0.2) is 62.3 Å². The van der Waals surface area contributed by atoms with Gasteiger partial charge in [0.15, 0.2) is 0 Å². The molecule has 0 rings (SSSR count). The van der Waals surface area contributed by atoms with Crippen molar-refractivity contribution in [1.29, 1.82) is 0 Å². The van der Waals surface area contributed by atoms with E-state index in [9.17, 15) is 24.0 Å². The molecule has 0 aromatic carbocycles. The Morgan fingerprint density at radius 3 is 1.25 bits per heavy atom. The quantitative estimate of drug-likeness (QED) is 0.0716. The molecule has 0 aliphatic heterocycles. The number of amides is 5. The first-order chi connectivity index (χ1) is 18.4. The summed E-state index contributed by atoms with van der Waals surface area (Å²) in [5.41, 5.74) is 29.1. The Morgan fingerprint density at radius 1 is 0.750 bits per heavy atom.